The molecule has 0 unspecified atom stereocenters. The van der Waals surface area contributed by atoms with Crippen LogP contribution in [0.3, 0.4) is 0 Å². The van der Waals surface area contributed by atoms with E-state index in [1.807, 2.05) is 38.4 Å². The van der Waals surface area contributed by atoms with Gasteiger partial charge in [0.1, 0.15) is 5.69 Å². The van der Waals surface area contributed by atoms with E-state index in [1.54, 1.807) is 18.3 Å². The van der Waals surface area contributed by atoms with Crippen LogP contribution in [0.4, 0.5) is 5.69 Å². The maximum Gasteiger partial charge on any atom is 0.275 e. The molecule has 0 saturated heterocycles. The van der Waals surface area contributed by atoms with Crippen LogP contribution in [-0.2, 0) is 6.42 Å². The molecule has 0 aliphatic heterocycles. The van der Waals surface area contributed by atoms with Gasteiger partial charge in [-0.25, -0.2) is 4.98 Å². The SMILES string of the molecule is CN(C)CCc1ccccc1NC(=O)c1ncccc1Br. The van der Waals surface area contributed by atoms with Crippen molar-refractivity contribution in [1.29, 1.82) is 0 Å². The highest BCUT2D eigenvalue weighted by Crippen LogP contribution is 2.19. The number of rotatable bonds is 5. The number of nitrogens with one attached hydrogen (secondary N) is 1. The van der Waals surface area contributed by atoms with Crippen molar-refractivity contribution in [3.63, 3.8) is 0 Å². The number of carbonyl (C=O) groups excluding carboxylic acids is 1. The number of anilines is 1. The van der Waals surface area contributed by atoms with Gasteiger partial charge in [0.05, 0.1) is 0 Å². The predicted octanol–water partition coefficient (Wildman–Crippen LogP) is 3.20. The minimum absolute atomic E-state index is 0.209. The summed E-state index contributed by atoms with van der Waals surface area (Å²) in [6, 6.07) is 11.4. The Bertz CT molecular complexity index is 628. The molecule has 4 nitrogen and oxygen atoms in total. The van der Waals surface area contributed by atoms with Crippen molar-refractivity contribution < 1.29 is 4.79 Å². The molecule has 0 saturated carbocycles. The fraction of sp³-hybridized carbons (Fsp3) is 0.250. The molecule has 0 bridgehead atoms. The van der Waals surface area contributed by atoms with Crippen LogP contribution < -0.4 is 5.32 Å². The van der Waals surface area contributed by atoms with Gasteiger partial charge in [0.2, 0.25) is 0 Å². The van der Waals surface area contributed by atoms with Crippen molar-refractivity contribution in [2.45, 2.75) is 6.42 Å². The van der Waals surface area contributed by atoms with Crippen molar-refractivity contribution in [3.8, 4) is 0 Å². The van der Waals surface area contributed by atoms with Gasteiger partial charge in [-0.15, -0.1) is 0 Å². The van der Waals surface area contributed by atoms with Gasteiger partial charge in [0, 0.05) is 22.9 Å². The maximum atomic E-state index is 12.3. The Kier molecular flexibility index (Phi) is 5.47. The van der Waals surface area contributed by atoms with E-state index in [-0.39, 0.29) is 5.91 Å². The van der Waals surface area contributed by atoms with Crippen LogP contribution in [0.5, 0.6) is 0 Å². The Morgan fingerprint density at radius 1 is 1.24 bits per heavy atom. The number of halogens is 1. The molecule has 2 rings (SSSR count). The highest BCUT2D eigenvalue weighted by molar-refractivity contribution is 9.10. The standard InChI is InChI=1S/C16H18BrN3O/c1-20(2)11-9-12-6-3-4-8-14(12)19-16(21)15-13(17)7-5-10-18-15/h3-8,10H,9,11H2,1-2H3,(H,19,21). The number of carbonyl (C=O) groups is 1. The van der Waals surface area contributed by atoms with Gasteiger partial charge in [-0.1, -0.05) is 18.2 Å². The molecule has 5 heteroatoms. The topological polar surface area (TPSA) is 45.2 Å². The van der Waals surface area contributed by atoms with Crippen molar-refractivity contribution in [2.24, 2.45) is 0 Å². The number of hydrogen-bond acceptors (Lipinski definition) is 3. The third-order valence-corrected chi connectivity index (χ3v) is 3.71. The van der Waals surface area contributed by atoms with Gasteiger partial charge < -0.3 is 10.2 Å². The van der Waals surface area contributed by atoms with Gasteiger partial charge >= 0.3 is 0 Å². The first-order valence-corrected chi connectivity index (χ1v) is 7.51. The molecule has 1 N–H and O–H groups in total. The average Bonchev–Trinajstić information content (AvgIpc) is 2.46. The van der Waals surface area contributed by atoms with E-state index in [1.165, 1.54) is 0 Å². The largest absolute Gasteiger partial charge is 0.320 e. The maximum absolute atomic E-state index is 12.3. The summed E-state index contributed by atoms with van der Waals surface area (Å²) in [4.78, 5) is 18.5. The monoisotopic (exact) mass is 347 g/mol. The molecule has 0 fully saturated rings. The molecule has 1 amide bonds. The van der Waals surface area contributed by atoms with E-state index in [0.717, 1.165) is 24.2 Å². The number of likely N-dealkylation sites (N-methyl/N-ethyl adjacent to an activating group) is 1. The summed E-state index contributed by atoms with van der Waals surface area (Å²) in [5, 5.41) is 2.94. The van der Waals surface area contributed by atoms with E-state index in [2.05, 4.69) is 31.1 Å². The van der Waals surface area contributed by atoms with Gasteiger partial charge in [-0.3, -0.25) is 4.79 Å². The van der Waals surface area contributed by atoms with E-state index in [0.29, 0.717) is 10.2 Å². The molecule has 0 aliphatic rings. The molecule has 0 radical (unpaired) electrons. The van der Waals surface area contributed by atoms with Gasteiger partial charge in [0.15, 0.2) is 0 Å². The summed E-state index contributed by atoms with van der Waals surface area (Å²) in [7, 11) is 4.07. The lowest BCUT2D eigenvalue weighted by molar-refractivity contribution is 0.102. The summed E-state index contributed by atoms with van der Waals surface area (Å²) in [5.41, 5.74) is 2.34. The second-order valence-corrected chi connectivity index (χ2v) is 5.85. The van der Waals surface area contributed by atoms with Gasteiger partial charge in [-0.05, 0) is 60.2 Å². The Balaban J connectivity index is 2.16. The summed E-state index contributed by atoms with van der Waals surface area (Å²) in [6.07, 6.45) is 2.49. The number of amides is 1. The van der Waals surface area contributed by atoms with Gasteiger partial charge in [0.25, 0.3) is 5.91 Å². The molecule has 0 aliphatic carbocycles. The molecule has 2 aromatic rings. The van der Waals surface area contributed by atoms with Crippen LogP contribution >= 0.6 is 15.9 Å². The molecule has 21 heavy (non-hydrogen) atoms. The van der Waals surface area contributed by atoms with Crippen molar-refractivity contribution in [2.75, 3.05) is 26.0 Å². The lowest BCUT2D eigenvalue weighted by Crippen LogP contribution is -2.18. The van der Waals surface area contributed by atoms with E-state index < -0.39 is 0 Å². The van der Waals surface area contributed by atoms with E-state index in [4.69, 9.17) is 0 Å². The summed E-state index contributed by atoms with van der Waals surface area (Å²) in [5.74, 6) is -0.209. The summed E-state index contributed by atoms with van der Waals surface area (Å²) >= 11 is 3.35. The quantitative estimate of drug-likeness (QED) is 0.903. The van der Waals surface area contributed by atoms with Crippen LogP contribution in [0.2, 0.25) is 0 Å². The molecular formula is C16H18BrN3O. The lowest BCUT2D eigenvalue weighted by atomic mass is 10.1. The zero-order valence-corrected chi connectivity index (χ0v) is 13.7. The number of aromatic nitrogens is 1. The molecule has 110 valence electrons. The first-order valence-electron chi connectivity index (χ1n) is 6.72. The smallest absolute Gasteiger partial charge is 0.275 e. The predicted molar refractivity (Wildman–Crippen MR) is 88.6 cm³/mol. The van der Waals surface area contributed by atoms with E-state index >= 15 is 0 Å². The Hall–Kier alpha value is -1.72. The first kappa shape index (κ1) is 15.7. The molecule has 1 aromatic heterocycles. The van der Waals surface area contributed by atoms with Crippen molar-refractivity contribution >= 4 is 27.5 Å². The Labute approximate surface area is 133 Å². The number of pyridine rings is 1. The fourth-order valence-electron chi connectivity index (χ4n) is 1.94. The second kappa shape index (κ2) is 7.33. The first-order chi connectivity index (χ1) is 10.1. The lowest BCUT2D eigenvalue weighted by Gasteiger charge is -2.14. The highest BCUT2D eigenvalue weighted by Gasteiger charge is 2.13. The third-order valence-electron chi connectivity index (χ3n) is 3.07. The highest BCUT2D eigenvalue weighted by atomic mass is 79.9. The van der Waals surface area contributed by atoms with E-state index in [9.17, 15) is 4.79 Å². The van der Waals surface area contributed by atoms with Crippen molar-refractivity contribution in [3.05, 3.63) is 58.3 Å². The summed E-state index contributed by atoms with van der Waals surface area (Å²) < 4.78 is 0.688. The van der Waals surface area contributed by atoms with Crippen LogP contribution in [-0.4, -0.2) is 36.4 Å². The zero-order valence-electron chi connectivity index (χ0n) is 12.1. The van der Waals surface area contributed by atoms with Crippen molar-refractivity contribution in [1.82, 2.24) is 9.88 Å². The number of para-hydroxylation sites is 1. The zero-order chi connectivity index (χ0) is 15.2. The number of nitrogens with zero attached hydrogens (tertiary/aromatic N) is 2. The Morgan fingerprint density at radius 2 is 2.00 bits per heavy atom. The third kappa shape index (κ3) is 4.37. The molecule has 0 atom stereocenters. The number of benzene rings is 1. The number of hydrogen-bond donors (Lipinski definition) is 1. The van der Waals surface area contributed by atoms with Crippen LogP contribution in [0, 0.1) is 0 Å². The minimum Gasteiger partial charge on any atom is -0.320 e. The molecular weight excluding hydrogens is 330 g/mol. The fourth-order valence-corrected chi connectivity index (χ4v) is 2.37. The molecule has 1 heterocycles. The normalized spacial score (nSPS) is 10.7. The Morgan fingerprint density at radius 3 is 2.71 bits per heavy atom. The molecule has 1 aromatic carbocycles. The van der Waals surface area contributed by atoms with Gasteiger partial charge in [-0.2, -0.15) is 0 Å². The molecule has 0 spiro atoms. The minimum atomic E-state index is -0.209. The summed E-state index contributed by atoms with van der Waals surface area (Å²) in [6.45, 7) is 0.931. The second-order valence-electron chi connectivity index (χ2n) is 5.00. The van der Waals surface area contributed by atoms with Crippen LogP contribution in [0.25, 0.3) is 0 Å². The average molecular weight is 348 g/mol. The van der Waals surface area contributed by atoms with Crippen LogP contribution in [0.1, 0.15) is 16.1 Å². The van der Waals surface area contributed by atoms with Crippen LogP contribution in [0.15, 0.2) is 47.1 Å².